The van der Waals surface area contributed by atoms with E-state index in [9.17, 15) is 0 Å². The molecule has 0 amide bonds. The third-order valence-corrected chi connectivity index (χ3v) is 2.33. The number of hydrogen-bond acceptors (Lipinski definition) is 3. The third kappa shape index (κ3) is 3.89. The Hall–Kier alpha value is -0.870. The number of aromatic amines is 1. The monoisotopic (exact) mass is 196 g/mol. The first-order valence-electron chi connectivity index (χ1n) is 5.12. The molecule has 1 aromatic rings. The van der Waals surface area contributed by atoms with Crippen LogP contribution in [-0.4, -0.2) is 41.3 Å². The average Bonchev–Trinajstić information content (AvgIpc) is 2.67. The van der Waals surface area contributed by atoms with Crippen molar-refractivity contribution < 1.29 is 0 Å². The Balaban J connectivity index is 2.18. The van der Waals surface area contributed by atoms with E-state index in [0.717, 1.165) is 19.6 Å². The minimum absolute atomic E-state index is 0.509. The summed E-state index contributed by atoms with van der Waals surface area (Å²) in [5.74, 6) is 0. The van der Waals surface area contributed by atoms with Crippen LogP contribution >= 0.6 is 0 Å². The lowest BCUT2D eigenvalue weighted by Crippen LogP contribution is -2.36. The number of aromatic nitrogens is 2. The van der Waals surface area contributed by atoms with E-state index >= 15 is 0 Å². The molecule has 1 unspecified atom stereocenters. The summed E-state index contributed by atoms with van der Waals surface area (Å²) in [5.41, 5.74) is 1.20. The summed E-state index contributed by atoms with van der Waals surface area (Å²) in [7, 11) is 2.13. The lowest BCUT2D eigenvalue weighted by molar-refractivity contribution is 0.309. The molecule has 0 aromatic carbocycles. The molecule has 1 aromatic heterocycles. The average molecular weight is 196 g/mol. The predicted octanol–water partition coefficient (Wildman–Crippen LogP) is 0.839. The maximum atomic E-state index is 3.90. The lowest BCUT2D eigenvalue weighted by atomic mass is 10.3. The van der Waals surface area contributed by atoms with Gasteiger partial charge in [-0.1, -0.05) is 6.92 Å². The fourth-order valence-electron chi connectivity index (χ4n) is 1.33. The Labute approximate surface area is 85.7 Å². The van der Waals surface area contributed by atoms with Gasteiger partial charge in [-0.2, -0.15) is 5.10 Å². The molecule has 4 heteroatoms. The molecule has 0 fully saturated rings. The van der Waals surface area contributed by atoms with E-state index in [1.54, 1.807) is 0 Å². The number of nitrogens with one attached hydrogen (secondary N) is 2. The smallest absolute Gasteiger partial charge is 0.0532 e. The van der Waals surface area contributed by atoms with Crippen molar-refractivity contribution in [3.8, 4) is 0 Å². The summed E-state index contributed by atoms with van der Waals surface area (Å²) in [5, 5.41) is 10.2. The SMILES string of the molecule is CCN(C)CC(C)NCc1cn[nH]c1. The topological polar surface area (TPSA) is 44.0 Å². The second-order valence-electron chi connectivity index (χ2n) is 3.74. The summed E-state index contributed by atoms with van der Waals surface area (Å²) >= 11 is 0. The van der Waals surface area contributed by atoms with Gasteiger partial charge in [0.2, 0.25) is 0 Å². The highest BCUT2D eigenvalue weighted by Crippen LogP contribution is 1.94. The van der Waals surface area contributed by atoms with E-state index in [0.29, 0.717) is 6.04 Å². The van der Waals surface area contributed by atoms with Crippen molar-refractivity contribution in [2.75, 3.05) is 20.1 Å². The summed E-state index contributed by atoms with van der Waals surface area (Å²) in [6.07, 6.45) is 3.77. The summed E-state index contributed by atoms with van der Waals surface area (Å²) in [6.45, 7) is 7.43. The highest BCUT2D eigenvalue weighted by atomic mass is 15.1. The number of rotatable bonds is 6. The first-order chi connectivity index (χ1) is 6.72. The molecule has 0 bridgehead atoms. The Morgan fingerprint density at radius 2 is 2.43 bits per heavy atom. The van der Waals surface area contributed by atoms with Gasteiger partial charge in [-0.25, -0.2) is 0 Å². The molecule has 0 aliphatic carbocycles. The van der Waals surface area contributed by atoms with Crippen LogP contribution in [0.2, 0.25) is 0 Å². The van der Waals surface area contributed by atoms with Crippen molar-refractivity contribution in [2.45, 2.75) is 26.4 Å². The molecular weight excluding hydrogens is 176 g/mol. The second-order valence-corrected chi connectivity index (χ2v) is 3.74. The molecule has 0 spiro atoms. The highest BCUT2D eigenvalue weighted by molar-refractivity contribution is 5.01. The maximum absolute atomic E-state index is 3.90. The number of likely N-dealkylation sites (N-methyl/N-ethyl adjacent to an activating group) is 1. The van der Waals surface area contributed by atoms with E-state index in [1.807, 2.05) is 12.4 Å². The second kappa shape index (κ2) is 5.78. The molecule has 14 heavy (non-hydrogen) atoms. The van der Waals surface area contributed by atoms with Gasteiger partial charge in [0.25, 0.3) is 0 Å². The molecule has 4 nitrogen and oxygen atoms in total. The van der Waals surface area contributed by atoms with Crippen LogP contribution in [0.25, 0.3) is 0 Å². The van der Waals surface area contributed by atoms with Crippen LogP contribution in [0, 0.1) is 0 Å². The molecule has 0 radical (unpaired) electrons. The Kier molecular flexibility index (Phi) is 4.62. The van der Waals surface area contributed by atoms with Crippen LogP contribution in [-0.2, 0) is 6.54 Å². The van der Waals surface area contributed by atoms with Crippen LogP contribution in [0.3, 0.4) is 0 Å². The fourth-order valence-corrected chi connectivity index (χ4v) is 1.33. The van der Waals surface area contributed by atoms with Gasteiger partial charge >= 0.3 is 0 Å². The summed E-state index contributed by atoms with van der Waals surface area (Å²) in [4.78, 5) is 2.30. The van der Waals surface area contributed by atoms with Crippen LogP contribution in [0.15, 0.2) is 12.4 Å². The predicted molar refractivity (Wildman–Crippen MR) is 58.1 cm³/mol. The van der Waals surface area contributed by atoms with E-state index in [-0.39, 0.29) is 0 Å². The minimum atomic E-state index is 0.509. The Morgan fingerprint density at radius 3 is 3.00 bits per heavy atom. The zero-order valence-electron chi connectivity index (χ0n) is 9.25. The molecule has 1 rings (SSSR count). The van der Waals surface area contributed by atoms with Crippen LogP contribution < -0.4 is 5.32 Å². The number of hydrogen-bond donors (Lipinski definition) is 2. The zero-order valence-corrected chi connectivity index (χ0v) is 9.25. The molecule has 1 atom stereocenters. The van der Waals surface area contributed by atoms with Gasteiger partial charge in [-0.3, -0.25) is 5.10 Å². The zero-order chi connectivity index (χ0) is 10.4. The minimum Gasteiger partial charge on any atom is -0.309 e. The van der Waals surface area contributed by atoms with E-state index < -0.39 is 0 Å². The lowest BCUT2D eigenvalue weighted by Gasteiger charge is -2.20. The largest absolute Gasteiger partial charge is 0.309 e. The summed E-state index contributed by atoms with van der Waals surface area (Å²) < 4.78 is 0. The maximum Gasteiger partial charge on any atom is 0.0532 e. The third-order valence-electron chi connectivity index (χ3n) is 2.33. The van der Waals surface area contributed by atoms with E-state index in [1.165, 1.54) is 5.56 Å². The first-order valence-corrected chi connectivity index (χ1v) is 5.12. The molecule has 0 saturated carbocycles. The van der Waals surface area contributed by atoms with E-state index in [4.69, 9.17) is 0 Å². The van der Waals surface area contributed by atoms with Gasteiger partial charge in [0, 0.05) is 30.9 Å². The Morgan fingerprint density at radius 1 is 1.64 bits per heavy atom. The van der Waals surface area contributed by atoms with Gasteiger partial charge in [0.1, 0.15) is 0 Å². The Bertz CT molecular complexity index is 232. The standard InChI is InChI=1S/C10H20N4/c1-4-14(3)8-9(2)11-5-10-6-12-13-7-10/h6-7,9,11H,4-5,8H2,1-3H3,(H,12,13). The van der Waals surface area contributed by atoms with E-state index in [2.05, 4.69) is 41.3 Å². The van der Waals surface area contributed by atoms with Gasteiger partial charge in [0.05, 0.1) is 6.20 Å². The number of nitrogens with zero attached hydrogens (tertiary/aromatic N) is 2. The van der Waals surface area contributed by atoms with Crippen molar-refractivity contribution in [1.29, 1.82) is 0 Å². The van der Waals surface area contributed by atoms with Crippen LogP contribution in [0.4, 0.5) is 0 Å². The molecule has 2 N–H and O–H groups in total. The molecule has 80 valence electrons. The molecule has 0 aliphatic heterocycles. The van der Waals surface area contributed by atoms with Crippen LogP contribution in [0.5, 0.6) is 0 Å². The molecular formula is C10H20N4. The van der Waals surface area contributed by atoms with Crippen LogP contribution in [0.1, 0.15) is 19.4 Å². The molecule has 0 aliphatic rings. The van der Waals surface area contributed by atoms with Crippen molar-refractivity contribution in [3.05, 3.63) is 18.0 Å². The molecule has 1 heterocycles. The van der Waals surface area contributed by atoms with Crippen molar-refractivity contribution in [3.63, 3.8) is 0 Å². The van der Waals surface area contributed by atoms with Gasteiger partial charge in [-0.15, -0.1) is 0 Å². The fraction of sp³-hybridized carbons (Fsp3) is 0.700. The summed E-state index contributed by atoms with van der Waals surface area (Å²) in [6, 6.07) is 0.509. The van der Waals surface area contributed by atoms with Gasteiger partial charge in [-0.05, 0) is 20.5 Å². The highest BCUT2D eigenvalue weighted by Gasteiger charge is 2.04. The van der Waals surface area contributed by atoms with Gasteiger partial charge < -0.3 is 10.2 Å². The first kappa shape index (κ1) is 11.2. The normalized spacial score (nSPS) is 13.4. The quantitative estimate of drug-likeness (QED) is 0.708. The van der Waals surface area contributed by atoms with Crippen molar-refractivity contribution in [1.82, 2.24) is 20.4 Å². The molecule has 0 saturated heterocycles. The van der Waals surface area contributed by atoms with Crippen molar-refractivity contribution >= 4 is 0 Å². The van der Waals surface area contributed by atoms with Gasteiger partial charge in [0.15, 0.2) is 0 Å². The number of H-pyrrole nitrogens is 1. The van der Waals surface area contributed by atoms with Crippen molar-refractivity contribution in [2.24, 2.45) is 0 Å².